The Morgan fingerprint density at radius 1 is 1.10 bits per heavy atom. The van der Waals surface area contributed by atoms with Crippen molar-refractivity contribution < 1.29 is 19.4 Å². The van der Waals surface area contributed by atoms with Gasteiger partial charge in [-0.15, -0.1) is 0 Å². The summed E-state index contributed by atoms with van der Waals surface area (Å²) in [5.74, 6) is -1.30. The second-order valence-corrected chi connectivity index (χ2v) is 10.5. The number of amides is 1. The summed E-state index contributed by atoms with van der Waals surface area (Å²) in [6.45, 7) is 3.91. The maximum Gasteiger partial charge on any atom is 0.335 e. The van der Waals surface area contributed by atoms with Crippen molar-refractivity contribution in [3.63, 3.8) is 0 Å². The van der Waals surface area contributed by atoms with E-state index in [2.05, 4.69) is 21.7 Å². The van der Waals surface area contributed by atoms with Crippen LogP contribution in [0.3, 0.4) is 0 Å². The zero-order chi connectivity index (χ0) is 29.3. The van der Waals surface area contributed by atoms with Crippen molar-refractivity contribution in [3.05, 3.63) is 106 Å². The van der Waals surface area contributed by atoms with Gasteiger partial charge < -0.3 is 29.9 Å². The topological polar surface area (TPSA) is 109 Å². The number of pyridine rings is 1. The van der Waals surface area contributed by atoms with Gasteiger partial charge in [0.2, 0.25) is 5.91 Å². The molecule has 0 bridgehead atoms. The molecule has 5 rings (SSSR count). The summed E-state index contributed by atoms with van der Waals surface area (Å²) in [6, 6.07) is 19.4. The molecule has 2 aromatic carbocycles. The number of nitrogens with zero attached hydrogens (tertiary/aromatic N) is 3. The Labute approximate surface area is 247 Å². The minimum absolute atomic E-state index is 0.0863. The van der Waals surface area contributed by atoms with Crippen molar-refractivity contribution in [3.8, 4) is 5.69 Å². The van der Waals surface area contributed by atoms with Gasteiger partial charge in [-0.3, -0.25) is 9.78 Å². The van der Waals surface area contributed by atoms with Crippen LogP contribution in [-0.2, 0) is 9.53 Å². The quantitative estimate of drug-likeness (QED) is 0.228. The maximum atomic E-state index is 12.1. The maximum absolute atomic E-state index is 12.1. The first-order chi connectivity index (χ1) is 19.7. The highest BCUT2D eigenvalue weighted by Gasteiger charge is 2.42. The lowest BCUT2D eigenvalue weighted by Crippen LogP contribution is -2.29. The Balaban J connectivity index is 1.61. The predicted octanol–water partition coefficient (Wildman–Crippen LogP) is 5.60. The number of benzene rings is 2. The number of methoxy groups -OCH3 is 1. The number of carbonyl (C=O) groups is 2. The number of rotatable bonds is 8. The zero-order valence-corrected chi connectivity index (χ0v) is 24.2. The van der Waals surface area contributed by atoms with Gasteiger partial charge in [0, 0.05) is 36.1 Å². The molecule has 1 saturated heterocycles. The lowest BCUT2D eigenvalue weighted by molar-refractivity contribution is -0.119. The second kappa shape index (κ2) is 11.7. The van der Waals surface area contributed by atoms with Crippen LogP contribution < -0.4 is 15.5 Å². The number of hydrogen-bond acceptors (Lipinski definition) is 5. The molecule has 0 radical (unpaired) electrons. The molecule has 1 aliphatic rings. The van der Waals surface area contributed by atoms with E-state index in [1.165, 1.54) is 7.11 Å². The van der Waals surface area contributed by atoms with Gasteiger partial charge in [-0.05, 0) is 86.2 Å². The number of aromatic nitrogens is 2. The van der Waals surface area contributed by atoms with Gasteiger partial charge in [-0.2, -0.15) is 0 Å². The van der Waals surface area contributed by atoms with Crippen LogP contribution in [0, 0.1) is 13.8 Å². The lowest BCUT2D eigenvalue weighted by atomic mass is 9.96. The summed E-state index contributed by atoms with van der Waals surface area (Å²) in [5, 5.41) is 16.6. The van der Waals surface area contributed by atoms with E-state index in [0.29, 0.717) is 15.8 Å². The number of carboxylic acids is 1. The van der Waals surface area contributed by atoms with Crippen LogP contribution in [0.1, 0.15) is 45.1 Å². The Morgan fingerprint density at radius 2 is 1.90 bits per heavy atom. The van der Waals surface area contributed by atoms with Gasteiger partial charge in [-0.1, -0.05) is 23.7 Å². The summed E-state index contributed by atoms with van der Waals surface area (Å²) >= 11 is 12.5. The lowest BCUT2D eigenvalue weighted by Gasteiger charge is -2.28. The van der Waals surface area contributed by atoms with E-state index < -0.39 is 5.97 Å². The number of ether oxygens (including phenoxy) is 1. The third-order valence-corrected chi connectivity index (χ3v) is 7.65. The second-order valence-electron chi connectivity index (χ2n) is 9.66. The molecule has 0 saturated carbocycles. The Bertz CT molecular complexity index is 1640. The first-order valence-electron chi connectivity index (χ1n) is 12.8. The summed E-state index contributed by atoms with van der Waals surface area (Å²) in [6.07, 6.45) is 1.74. The smallest absolute Gasteiger partial charge is 0.335 e. The van der Waals surface area contributed by atoms with Crippen LogP contribution in [0.5, 0.6) is 0 Å². The summed E-state index contributed by atoms with van der Waals surface area (Å²) in [4.78, 5) is 30.3. The van der Waals surface area contributed by atoms with Crippen molar-refractivity contribution in [2.45, 2.75) is 25.9 Å². The molecule has 4 aromatic rings. The largest absolute Gasteiger partial charge is 0.478 e. The minimum atomic E-state index is -0.986. The van der Waals surface area contributed by atoms with E-state index >= 15 is 0 Å². The van der Waals surface area contributed by atoms with Crippen LogP contribution in [0.25, 0.3) is 5.69 Å². The van der Waals surface area contributed by atoms with E-state index in [1.807, 2.05) is 53.6 Å². The van der Waals surface area contributed by atoms with Crippen molar-refractivity contribution >= 4 is 52.2 Å². The van der Waals surface area contributed by atoms with Crippen LogP contribution in [0.15, 0.2) is 72.9 Å². The number of aromatic carboxylic acids is 1. The van der Waals surface area contributed by atoms with Crippen LogP contribution in [0.4, 0.5) is 11.4 Å². The number of hydrogen-bond donors (Lipinski definition) is 3. The van der Waals surface area contributed by atoms with Crippen LogP contribution >= 0.6 is 23.8 Å². The highest BCUT2D eigenvalue weighted by molar-refractivity contribution is 7.80. The fourth-order valence-corrected chi connectivity index (χ4v) is 5.85. The van der Waals surface area contributed by atoms with Crippen LogP contribution in [0.2, 0.25) is 5.02 Å². The Kier molecular flexibility index (Phi) is 8.07. The molecule has 3 N–H and O–H groups in total. The predicted molar refractivity (Wildman–Crippen MR) is 162 cm³/mol. The summed E-state index contributed by atoms with van der Waals surface area (Å²) in [7, 11) is 1.45. The first kappa shape index (κ1) is 28.3. The Hall–Kier alpha value is -4.25. The Morgan fingerprint density at radius 3 is 2.59 bits per heavy atom. The molecule has 0 unspecified atom stereocenters. The average Bonchev–Trinajstić information content (AvgIpc) is 3.45. The number of carbonyl (C=O) groups excluding carboxylic acids is 1. The highest BCUT2D eigenvalue weighted by atomic mass is 35.5. The van der Waals surface area contributed by atoms with Crippen LogP contribution in [-0.4, -0.2) is 45.4 Å². The number of thiocarbonyl (C=S) groups is 1. The molecule has 9 nitrogen and oxygen atoms in total. The zero-order valence-electron chi connectivity index (χ0n) is 22.6. The molecule has 2 aromatic heterocycles. The van der Waals surface area contributed by atoms with E-state index in [9.17, 15) is 14.7 Å². The number of anilines is 2. The minimum Gasteiger partial charge on any atom is -0.478 e. The van der Waals surface area contributed by atoms with E-state index in [0.717, 1.165) is 34.0 Å². The molecule has 11 heteroatoms. The van der Waals surface area contributed by atoms with Crippen molar-refractivity contribution in [1.29, 1.82) is 0 Å². The van der Waals surface area contributed by atoms with Crippen molar-refractivity contribution in [1.82, 2.24) is 14.9 Å². The third kappa shape index (κ3) is 5.54. The normalized spacial score (nSPS) is 16.5. The van der Waals surface area contributed by atoms with Gasteiger partial charge in [0.25, 0.3) is 0 Å². The van der Waals surface area contributed by atoms with Gasteiger partial charge >= 0.3 is 5.97 Å². The SMILES string of the molecule is COCC(=O)Nc1ccc(N2C(=S)N[C@@H](c3ccccn3)[C@H]2c2cc(C)n(-c3cccc(C(=O)O)c3)c2C)cc1Cl. The molecule has 2 atom stereocenters. The summed E-state index contributed by atoms with van der Waals surface area (Å²) in [5.41, 5.74) is 5.83. The molecular weight excluding hydrogens is 562 g/mol. The average molecular weight is 590 g/mol. The monoisotopic (exact) mass is 589 g/mol. The van der Waals surface area contributed by atoms with Crippen molar-refractivity contribution in [2.75, 3.05) is 23.9 Å². The number of aryl methyl sites for hydroxylation is 1. The van der Waals surface area contributed by atoms with Gasteiger partial charge in [0.15, 0.2) is 5.11 Å². The van der Waals surface area contributed by atoms with Gasteiger partial charge in [-0.25, -0.2) is 4.79 Å². The fourth-order valence-electron chi connectivity index (χ4n) is 5.28. The number of nitrogens with one attached hydrogen (secondary N) is 2. The number of carboxylic acid groups (broad SMARTS) is 1. The molecule has 3 heterocycles. The summed E-state index contributed by atoms with van der Waals surface area (Å²) < 4.78 is 6.94. The molecule has 0 aliphatic carbocycles. The third-order valence-electron chi connectivity index (χ3n) is 7.02. The molecular formula is C30H28ClN5O4S. The van der Waals surface area contributed by atoms with Gasteiger partial charge in [0.05, 0.1) is 34.1 Å². The van der Waals surface area contributed by atoms with Gasteiger partial charge in [0.1, 0.15) is 6.61 Å². The van der Waals surface area contributed by atoms with E-state index in [-0.39, 0.29) is 30.2 Å². The molecule has 1 amide bonds. The van der Waals surface area contributed by atoms with Crippen molar-refractivity contribution in [2.24, 2.45) is 0 Å². The molecule has 41 heavy (non-hydrogen) atoms. The molecule has 1 fully saturated rings. The molecule has 1 aliphatic heterocycles. The number of halogens is 1. The standard InChI is InChI=1S/C30H28ClN5O4S/c1-17-13-22(18(2)35(17)20-8-6-7-19(14-20)29(38)39)28-27(25-9-4-5-12-32-25)34-30(41)36(28)21-10-11-24(23(31)15-21)33-26(37)16-40-3/h4-15,27-28H,16H2,1-3H3,(H,33,37)(H,34,41)(H,38,39)/t27-,28+/m0/s1. The first-order valence-corrected chi connectivity index (χ1v) is 13.6. The van der Waals surface area contributed by atoms with E-state index in [1.54, 1.807) is 36.5 Å². The molecule has 0 spiro atoms. The van der Waals surface area contributed by atoms with E-state index in [4.69, 9.17) is 28.6 Å². The molecule has 210 valence electrons. The highest BCUT2D eigenvalue weighted by Crippen LogP contribution is 2.44. The fraction of sp³-hybridized carbons (Fsp3) is 0.200.